The molecule has 0 radical (unpaired) electrons. The molecule has 0 aliphatic carbocycles. The minimum atomic E-state index is -2.84. The number of hydrogen-bond donors (Lipinski definition) is 1. The summed E-state index contributed by atoms with van der Waals surface area (Å²) in [4.78, 5) is 44.5. The lowest BCUT2D eigenvalue weighted by atomic mass is 10.1. The number of rotatable bonds is 17. The lowest BCUT2D eigenvalue weighted by Gasteiger charge is -2.34. The molecule has 0 saturated carbocycles. The molecule has 0 fully saturated rings. The number of fused-ring (bicyclic) bond motifs is 8. The molecule has 18 aromatic carbocycles. The van der Waals surface area contributed by atoms with Crippen LogP contribution in [-0.2, 0) is 0 Å². The minimum Gasteiger partial charge on any atom is -0.338 e. The molecule has 24 aromatic rings. The van der Waals surface area contributed by atoms with E-state index >= 15 is 0 Å². The van der Waals surface area contributed by atoms with Crippen molar-refractivity contribution >= 4 is 139 Å². The molecular formula is C116H81BrN12Si2. The van der Waals surface area contributed by atoms with Gasteiger partial charge < -0.3 is 4.98 Å². The van der Waals surface area contributed by atoms with Crippen molar-refractivity contribution in [3.05, 3.63) is 490 Å². The molecule has 1 N–H and O–H groups in total. The van der Waals surface area contributed by atoms with Crippen molar-refractivity contribution in [3.8, 4) is 85.9 Å². The van der Waals surface area contributed by atoms with Crippen molar-refractivity contribution in [2.45, 2.75) is 0 Å². The number of halogens is 1. The maximum absolute atomic E-state index is 5.42. The first-order valence-electron chi connectivity index (χ1n) is 43.8. The Labute approximate surface area is 767 Å². The van der Waals surface area contributed by atoms with E-state index in [0.29, 0.717) is 35.2 Å². The molecule has 0 spiro atoms. The number of aromatic nitrogens is 12. The van der Waals surface area contributed by atoms with Crippen LogP contribution in [0.15, 0.2) is 490 Å². The molecule has 15 heteroatoms. The Morgan fingerprint density at radius 2 is 0.527 bits per heavy atom. The van der Waals surface area contributed by atoms with Crippen molar-refractivity contribution in [2.75, 3.05) is 0 Å². The topological polar surface area (TPSA) is 134 Å². The molecule has 0 amide bonds. The number of H-pyrrole nitrogens is 1. The highest BCUT2D eigenvalue weighted by Crippen LogP contribution is 2.39. The summed E-state index contributed by atoms with van der Waals surface area (Å²) < 4.78 is 7.65. The summed E-state index contributed by atoms with van der Waals surface area (Å²) in [6.07, 6.45) is 0. The Balaban J connectivity index is 0.000000135. The number of nitrogens with one attached hydrogen (secondary N) is 1. The largest absolute Gasteiger partial charge is 0.338 e. The van der Waals surface area contributed by atoms with Gasteiger partial charge in [-0.25, -0.2) is 19.9 Å². The van der Waals surface area contributed by atoms with Crippen LogP contribution in [0.3, 0.4) is 0 Å². The third kappa shape index (κ3) is 15.1. The molecular weight excluding hydrogens is 1700 g/mol. The molecule has 620 valence electrons. The van der Waals surface area contributed by atoms with Crippen molar-refractivity contribution in [2.24, 2.45) is 0 Å². The highest BCUT2D eigenvalue weighted by molar-refractivity contribution is 9.10. The zero-order valence-electron chi connectivity index (χ0n) is 71.0. The number of nitrogens with zero attached hydrogens (tertiary/aromatic N) is 11. The van der Waals surface area contributed by atoms with Crippen molar-refractivity contribution < 1.29 is 0 Å². The van der Waals surface area contributed by atoms with Crippen LogP contribution in [-0.4, -0.2) is 74.7 Å². The van der Waals surface area contributed by atoms with Crippen LogP contribution in [0.5, 0.6) is 0 Å². The van der Waals surface area contributed by atoms with Gasteiger partial charge in [0.15, 0.2) is 39.4 Å². The van der Waals surface area contributed by atoms with Crippen molar-refractivity contribution in [1.82, 2.24) is 58.6 Å². The Morgan fingerprint density at radius 1 is 0.206 bits per heavy atom. The van der Waals surface area contributed by atoms with Gasteiger partial charge in [-0.3, -0.25) is 13.7 Å². The van der Waals surface area contributed by atoms with E-state index in [-0.39, 0.29) is 0 Å². The van der Waals surface area contributed by atoms with E-state index in [1.807, 2.05) is 91.0 Å². The normalized spacial score (nSPS) is 11.5. The Hall–Kier alpha value is -16.6. The zero-order valence-corrected chi connectivity index (χ0v) is 74.6. The van der Waals surface area contributed by atoms with Crippen LogP contribution in [0.4, 0.5) is 0 Å². The van der Waals surface area contributed by atoms with Gasteiger partial charge in [0.05, 0.1) is 44.1 Å². The average Bonchev–Trinajstić information content (AvgIpc) is 0.882. The maximum Gasteiger partial charge on any atom is 0.238 e. The van der Waals surface area contributed by atoms with E-state index in [1.165, 1.54) is 41.5 Å². The monoisotopic (exact) mass is 1780 g/mol. The van der Waals surface area contributed by atoms with E-state index in [4.69, 9.17) is 34.9 Å². The summed E-state index contributed by atoms with van der Waals surface area (Å²) in [6.45, 7) is 0. The van der Waals surface area contributed by atoms with Crippen LogP contribution in [0.25, 0.3) is 152 Å². The fraction of sp³-hybridized carbons (Fsp3) is 0. The molecule has 0 saturated heterocycles. The number of imidazole rings is 2. The van der Waals surface area contributed by atoms with Crippen molar-refractivity contribution in [3.63, 3.8) is 0 Å². The molecule has 6 aromatic heterocycles. The first-order valence-corrected chi connectivity index (χ1v) is 48.6. The zero-order chi connectivity index (χ0) is 87.4. The van der Waals surface area contributed by atoms with Crippen LogP contribution in [0, 0.1) is 0 Å². The maximum atomic E-state index is 5.42. The second-order valence-corrected chi connectivity index (χ2v) is 40.9. The molecule has 0 unspecified atom stereocenters. The van der Waals surface area contributed by atoms with Crippen LogP contribution in [0.2, 0.25) is 0 Å². The van der Waals surface area contributed by atoms with Gasteiger partial charge in [0.25, 0.3) is 0 Å². The summed E-state index contributed by atoms with van der Waals surface area (Å²) >= 11 is 3.69. The van der Waals surface area contributed by atoms with E-state index in [2.05, 4.69) is 434 Å². The van der Waals surface area contributed by atoms with Gasteiger partial charge in [-0.2, -0.15) is 19.9 Å². The van der Waals surface area contributed by atoms with Gasteiger partial charge in [-0.05, 0) is 114 Å². The van der Waals surface area contributed by atoms with E-state index in [0.717, 1.165) is 121 Å². The predicted molar refractivity (Wildman–Crippen MR) is 547 cm³/mol. The fourth-order valence-electron chi connectivity index (χ4n) is 18.8. The lowest BCUT2D eigenvalue weighted by Crippen LogP contribution is -2.74. The molecule has 0 aliphatic heterocycles. The smallest absolute Gasteiger partial charge is 0.238 e. The van der Waals surface area contributed by atoms with E-state index < -0.39 is 16.1 Å². The van der Waals surface area contributed by atoms with E-state index in [1.54, 1.807) is 0 Å². The number of hydrogen-bond acceptors (Lipinski definition) is 8. The van der Waals surface area contributed by atoms with Crippen LogP contribution in [0.1, 0.15) is 0 Å². The fourth-order valence-corrected chi connectivity index (χ4v) is 28.7. The Morgan fingerprint density at radius 3 is 0.954 bits per heavy atom. The number of aromatic amines is 1. The number of benzene rings is 18. The highest BCUT2D eigenvalue weighted by atomic mass is 79.9. The van der Waals surface area contributed by atoms with Gasteiger partial charge >= 0.3 is 0 Å². The van der Waals surface area contributed by atoms with Crippen LogP contribution < -0.4 is 41.5 Å². The third-order valence-electron chi connectivity index (χ3n) is 24.6. The Bertz CT molecular complexity index is 7990. The minimum absolute atomic E-state index is 0.550. The predicted octanol–water partition coefficient (Wildman–Crippen LogP) is 22.4. The van der Waals surface area contributed by atoms with Gasteiger partial charge in [0, 0.05) is 65.1 Å². The average molecular weight is 1780 g/mol. The van der Waals surface area contributed by atoms with Crippen molar-refractivity contribution in [1.29, 1.82) is 0 Å². The molecule has 0 bridgehead atoms. The standard InChI is InChI=1S/C58H40N6Si.C45H31BrN4Si.C13H10N2/c1-6-21-41(22-7-1)55-60-56(43-25-20-32-48(39-43)65(45-26-10-3-11-27-45,46-28-12-4-13-29-46)47-30-14-5-15-31-47)62-58(61-55)64-52-35-18-16-33-49(52)50-40-44(37-38-53(50)64)63-54-36-19-17-34-51(54)59-57(63)42-23-8-2-9-24-42;46-34-28-29-42-40(31-34)39-26-13-14-27-41(39)50(42)45-48-43(32-16-5-1-6-17-32)47-44(49-45)33-18-15-25-38(30-33)51(35-19-7-2-8-20-35,36-21-9-3-10-22-36)37-23-11-4-12-24-37;1-2-6-10(7-3-1)13-14-11-8-4-5-9-12(11)15-13/h1-40H;1-31H;1-9H,(H,14,15). The summed E-state index contributed by atoms with van der Waals surface area (Å²) in [5.41, 5.74) is 15.1. The van der Waals surface area contributed by atoms with Gasteiger partial charge in [-0.15, -0.1) is 0 Å². The summed E-state index contributed by atoms with van der Waals surface area (Å²) in [5, 5.41) is 14.8. The summed E-state index contributed by atoms with van der Waals surface area (Å²) in [7, 11) is -5.60. The molecule has 6 heterocycles. The number of para-hydroxylation sites is 6. The molecule has 24 rings (SSSR count). The van der Waals surface area contributed by atoms with Gasteiger partial charge in [0.1, 0.15) is 11.6 Å². The second-order valence-electron chi connectivity index (χ2n) is 32.3. The van der Waals surface area contributed by atoms with Crippen LogP contribution >= 0.6 is 15.9 Å². The second kappa shape index (κ2) is 35.3. The lowest BCUT2D eigenvalue weighted by molar-refractivity contribution is 0.953. The molecule has 12 nitrogen and oxygen atoms in total. The molecule has 0 atom stereocenters. The summed E-state index contributed by atoms with van der Waals surface area (Å²) in [5.74, 6) is 5.41. The third-order valence-corrected chi connectivity index (χ3v) is 34.7. The first-order chi connectivity index (χ1) is 64.9. The molecule has 0 aliphatic rings. The van der Waals surface area contributed by atoms with Gasteiger partial charge in [0.2, 0.25) is 11.9 Å². The summed E-state index contributed by atoms with van der Waals surface area (Å²) in [6, 6.07) is 171. The Kier molecular flexibility index (Phi) is 21.7. The SMILES string of the molecule is Brc1ccc2c(c1)c1ccccc1n2-c1nc(-c2ccccc2)nc(-c2cccc([Si](c3ccccc3)(c3ccccc3)c3ccccc3)c2)n1.c1ccc(-c2nc(-c3cccc([Si](c4ccccc4)(c4ccccc4)c4ccccc4)c3)nc(-n3c4ccccc4c4cc(-n5c(-c6ccccc6)nc6ccccc65)ccc43)n2)cc1.c1ccc(-c2nc3ccccc3[nH]2)cc1. The van der Waals surface area contributed by atoms with Gasteiger partial charge in [-0.1, -0.05) is 428 Å². The highest BCUT2D eigenvalue weighted by Gasteiger charge is 2.43. The first kappa shape index (κ1) is 80.3. The van der Waals surface area contributed by atoms with E-state index in [9.17, 15) is 0 Å². The molecule has 131 heavy (non-hydrogen) atoms. The quantitative estimate of drug-likeness (QED) is 0.0704.